The SMILES string of the molecule is N#Cc1sc2c(O)cccc2c1S. The van der Waals surface area contributed by atoms with E-state index in [2.05, 4.69) is 12.6 Å². The van der Waals surface area contributed by atoms with Crippen molar-refractivity contribution in [2.75, 3.05) is 0 Å². The number of fused-ring (bicyclic) bond motifs is 1. The highest BCUT2D eigenvalue weighted by Crippen LogP contribution is 2.38. The zero-order chi connectivity index (χ0) is 9.42. The van der Waals surface area contributed by atoms with E-state index in [4.69, 9.17) is 5.26 Å². The molecule has 0 radical (unpaired) electrons. The number of hydrogen-bond donors (Lipinski definition) is 2. The second-order valence-corrected chi connectivity index (χ2v) is 4.01. The number of rotatable bonds is 0. The largest absolute Gasteiger partial charge is 0.506 e. The fourth-order valence-corrected chi connectivity index (χ4v) is 2.53. The van der Waals surface area contributed by atoms with Gasteiger partial charge < -0.3 is 5.11 Å². The Morgan fingerprint density at radius 3 is 2.85 bits per heavy atom. The van der Waals surface area contributed by atoms with Crippen molar-refractivity contribution in [2.45, 2.75) is 4.90 Å². The normalized spacial score (nSPS) is 10.2. The number of thiophene rings is 1. The van der Waals surface area contributed by atoms with Crippen molar-refractivity contribution >= 4 is 34.1 Å². The topological polar surface area (TPSA) is 44.0 Å². The van der Waals surface area contributed by atoms with Crippen LogP contribution in [0.3, 0.4) is 0 Å². The van der Waals surface area contributed by atoms with E-state index in [9.17, 15) is 5.11 Å². The molecular weight excluding hydrogens is 202 g/mol. The third kappa shape index (κ3) is 1.17. The van der Waals surface area contributed by atoms with Crippen LogP contribution in [-0.4, -0.2) is 5.11 Å². The Bertz CT molecular complexity index is 510. The lowest BCUT2D eigenvalue weighted by atomic mass is 10.2. The third-order valence-electron chi connectivity index (χ3n) is 1.77. The Morgan fingerprint density at radius 2 is 2.23 bits per heavy atom. The van der Waals surface area contributed by atoms with Crippen molar-refractivity contribution in [3.63, 3.8) is 0 Å². The molecule has 0 amide bonds. The van der Waals surface area contributed by atoms with Crippen molar-refractivity contribution in [2.24, 2.45) is 0 Å². The summed E-state index contributed by atoms with van der Waals surface area (Å²) in [6.07, 6.45) is 0. The maximum atomic E-state index is 9.47. The van der Waals surface area contributed by atoms with E-state index < -0.39 is 0 Å². The molecule has 2 nitrogen and oxygen atoms in total. The fourth-order valence-electron chi connectivity index (χ4n) is 1.17. The number of thiol groups is 1. The average Bonchev–Trinajstić information content (AvgIpc) is 2.45. The lowest BCUT2D eigenvalue weighted by Gasteiger charge is -1.92. The summed E-state index contributed by atoms with van der Waals surface area (Å²) in [6, 6.07) is 7.23. The van der Waals surface area contributed by atoms with Gasteiger partial charge in [-0.15, -0.1) is 24.0 Å². The first kappa shape index (κ1) is 8.42. The molecule has 0 spiro atoms. The number of nitriles is 1. The van der Waals surface area contributed by atoms with E-state index in [0.29, 0.717) is 9.77 Å². The molecule has 2 aromatic rings. The maximum absolute atomic E-state index is 9.47. The van der Waals surface area contributed by atoms with E-state index in [-0.39, 0.29) is 5.75 Å². The Labute approximate surface area is 84.5 Å². The molecule has 0 saturated carbocycles. The monoisotopic (exact) mass is 207 g/mol. The molecule has 1 aromatic carbocycles. The number of nitrogens with zero attached hydrogens (tertiary/aromatic N) is 1. The lowest BCUT2D eigenvalue weighted by Crippen LogP contribution is -1.66. The highest BCUT2D eigenvalue weighted by atomic mass is 32.1. The summed E-state index contributed by atoms with van der Waals surface area (Å²) < 4.78 is 0.726. The fraction of sp³-hybridized carbons (Fsp3) is 0. The number of hydrogen-bond acceptors (Lipinski definition) is 4. The molecule has 1 aromatic heterocycles. The minimum Gasteiger partial charge on any atom is -0.506 e. The Kier molecular flexibility index (Phi) is 1.91. The predicted octanol–water partition coefficient (Wildman–Crippen LogP) is 2.77. The van der Waals surface area contributed by atoms with E-state index in [1.54, 1.807) is 12.1 Å². The number of aromatic hydroxyl groups is 1. The van der Waals surface area contributed by atoms with E-state index in [1.807, 2.05) is 12.1 Å². The van der Waals surface area contributed by atoms with Crippen LogP contribution < -0.4 is 0 Å². The van der Waals surface area contributed by atoms with Gasteiger partial charge in [0.15, 0.2) is 0 Å². The van der Waals surface area contributed by atoms with Gasteiger partial charge in [-0.3, -0.25) is 0 Å². The zero-order valence-electron chi connectivity index (χ0n) is 6.48. The summed E-state index contributed by atoms with van der Waals surface area (Å²) in [4.78, 5) is 1.19. The molecule has 0 saturated heterocycles. The first-order valence-corrected chi connectivity index (χ1v) is 4.84. The average molecular weight is 207 g/mol. The molecule has 0 unspecified atom stereocenters. The highest BCUT2D eigenvalue weighted by molar-refractivity contribution is 7.80. The second-order valence-electron chi connectivity index (χ2n) is 2.55. The van der Waals surface area contributed by atoms with Gasteiger partial charge in [-0.05, 0) is 6.07 Å². The van der Waals surface area contributed by atoms with Crippen LogP contribution in [0.4, 0.5) is 0 Å². The van der Waals surface area contributed by atoms with Crippen LogP contribution in [0.15, 0.2) is 23.1 Å². The molecule has 0 fully saturated rings. The van der Waals surface area contributed by atoms with E-state index in [0.717, 1.165) is 10.1 Å². The van der Waals surface area contributed by atoms with Crippen molar-refractivity contribution in [3.8, 4) is 11.8 Å². The molecule has 0 aliphatic heterocycles. The van der Waals surface area contributed by atoms with Crippen LogP contribution in [0, 0.1) is 11.3 Å². The molecule has 1 heterocycles. The van der Waals surface area contributed by atoms with Gasteiger partial charge in [0.25, 0.3) is 0 Å². The van der Waals surface area contributed by atoms with Gasteiger partial charge in [-0.2, -0.15) is 5.26 Å². The van der Waals surface area contributed by atoms with Gasteiger partial charge in [0.2, 0.25) is 0 Å². The summed E-state index contributed by atoms with van der Waals surface area (Å²) in [5.74, 6) is 0.208. The van der Waals surface area contributed by atoms with Crippen LogP contribution in [0.1, 0.15) is 4.88 Å². The van der Waals surface area contributed by atoms with Crippen molar-refractivity contribution in [3.05, 3.63) is 23.1 Å². The molecule has 4 heteroatoms. The van der Waals surface area contributed by atoms with E-state index in [1.165, 1.54) is 11.3 Å². The predicted molar refractivity (Wildman–Crippen MR) is 55.5 cm³/mol. The lowest BCUT2D eigenvalue weighted by molar-refractivity contribution is 0.482. The van der Waals surface area contributed by atoms with Crippen LogP contribution >= 0.6 is 24.0 Å². The maximum Gasteiger partial charge on any atom is 0.133 e. The standard InChI is InChI=1S/C9H5NOS2/c10-4-7-8(12)5-2-1-3-6(11)9(5)13-7/h1-3,11-12H. The van der Waals surface area contributed by atoms with Gasteiger partial charge in [-0.1, -0.05) is 12.1 Å². The second kappa shape index (κ2) is 2.95. The van der Waals surface area contributed by atoms with Gasteiger partial charge in [-0.25, -0.2) is 0 Å². The number of phenolic OH excluding ortho intramolecular Hbond substituents is 1. The molecular formula is C9H5NOS2. The summed E-state index contributed by atoms with van der Waals surface area (Å²) in [6.45, 7) is 0. The minimum absolute atomic E-state index is 0.208. The summed E-state index contributed by atoms with van der Waals surface area (Å²) in [5, 5.41) is 19.0. The Morgan fingerprint density at radius 1 is 1.46 bits per heavy atom. The van der Waals surface area contributed by atoms with Crippen LogP contribution in [0.2, 0.25) is 0 Å². The zero-order valence-corrected chi connectivity index (χ0v) is 8.19. The molecule has 0 bridgehead atoms. The Balaban J connectivity index is 2.94. The molecule has 2 rings (SSSR count). The van der Waals surface area contributed by atoms with Gasteiger partial charge in [0, 0.05) is 10.3 Å². The van der Waals surface area contributed by atoms with Gasteiger partial charge in [0.1, 0.15) is 16.7 Å². The molecule has 64 valence electrons. The molecule has 0 aliphatic rings. The van der Waals surface area contributed by atoms with Crippen molar-refractivity contribution in [1.29, 1.82) is 5.26 Å². The first-order valence-electron chi connectivity index (χ1n) is 3.57. The Hall–Kier alpha value is -1.18. The molecule has 0 atom stereocenters. The number of phenols is 1. The quantitative estimate of drug-likeness (QED) is 0.652. The van der Waals surface area contributed by atoms with Crippen molar-refractivity contribution < 1.29 is 5.11 Å². The van der Waals surface area contributed by atoms with Crippen LogP contribution in [0.25, 0.3) is 10.1 Å². The first-order chi connectivity index (χ1) is 6.24. The van der Waals surface area contributed by atoms with E-state index >= 15 is 0 Å². The van der Waals surface area contributed by atoms with Gasteiger partial charge in [0.05, 0.1) is 4.70 Å². The minimum atomic E-state index is 0.208. The van der Waals surface area contributed by atoms with Gasteiger partial charge >= 0.3 is 0 Å². The summed E-state index contributed by atoms with van der Waals surface area (Å²) >= 11 is 5.48. The smallest absolute Gasteiger partial charge is 0.133 e. The number of benzene rings is 1. The highest BCUT2D eigenvalue weighted by Gasteiger charge is 2.10. The summed E-state index contributed by atoms with van der Waals surface area (Å²) in [7, 11) is 0. The summed E-state index contributed by atoms with van der Waals surface area (Å²) in [5.41, 5.74) is 0. The molecule has 1 N–H and O–H groups in total. The third-order valence-corrected chi connectivity index (χ3v) is 3.52. The van der Waals surface area contributed by atoms with Crippen LogP contribution in [0.5, 0.6) is 5.75 Å². The molecule has 13 heavy (non-hydrogen) atoms. The molecule has 0 aliphatic carbocycles. The van der Waals surface area contributed by atoms with Crippen LogP contribution in [-0.2, 0) is 0 Å². The van der Waals surface area contributed by atoms with Crippen molar-refractivity contribution in [1.82, 2.24) is 0 Å².